The molecule has 1 aliphatic rings. The summed E-state index contributed by atoms with van der Waals surface area (Å²) >= 11 is 6.49. The Labute approximate surface area is 124 Å². The average molecular weight is 301 g/mol. The summed E-state index contributed by atoms with van der Waals surface area (Å²) in [4.78, 5) is 0. The molecule has 0 bridgehead atoms. The molecule has 112 valence electrons. The predicted octanol–water partition coefficient (Wildman–Crippen LogP) is 3.18. The van der Waals surface area contributed by atoms with E-state index in [9.17, 15) is 0 Å². The SMILES string of the molecule is CCOc1ccc(C(Cl)C2COCCO2)cc1OCC. The molecule has 1 aromatic rings. The second-order valence-corrected chi connectivity index (χ2v) is 4.93. The molecule has 1 aromatic carbocycles. The van der Waals surface area contributed by atoms with Crippen molar-refractivity contribution in [2.75, 3.05) is 33.0 Å². The lowest BCUT2D eigenvalue weighted by Gasteiger charge is -2.27. The Kier molecular flexibility index (Phi) is 5.95. The van der Waals surface area contributed by atoms with Crippen LogP contribution in [0, 0.1) is 0 Å². The fraction of sp³-hybridized carbons (Fsp3) is 0.600. The smallest absolute Gasteiger partial charge is 0.161 e. The number of hydrogen-bond donors (Lipinski definition) is 0. The molecule has 1 heterocycles. The second kappa shape index (κ2) is 7.72. The van der Waals surface area contributed by atoms with Gasteiger partial charge in [-0.1, -0.05) is 6.07 Å². The first kappa shape index (κ1) is 15.4. The predicted molar refractivity (Wildman–Crippen MR) is 77.9 cm³/mol. The molecular weight excluding hydrogens is 280 g/mol. The van der Waals surface area contributed by atoms with Crippen LogP contribution in [0.4, 0.5) is 0 Å². The van der Waals surface area contributed by atoms with E-state index < -0.39 is 0 Å². The third kappa shape index (κ3) is 3.78. The lowest BCUT2D eigenvalue weighted by atomic mass is 10.1. The summed E-state index contributed by atoms with van der Waals surface area (Å²) in [5, 5.41) is -0.259. The zero-order valence-electron chi connectivity index (χ0n) is 11.9. The van der Waals surface area contributed by atoms with Crippen LogP contribution in [0.3, 0.4) is 0 Å². The second-order valence-electron chi connectivity index (χ2n) is 4.46. The Morgan fingerprint density at radius 3 is 2.60 bits per heavy atom. The Hall–Kier alpha value is -0.970. The van der Waals surface area contributed by atoms with Gasteiger partial charge in [0.1, 0.15) is 6.10 Å². The van der Waals surface area contributed by atoms with Crippen molar-refractivity contribution in [3.63, 3.8) is 0 Å². The van der Waals surface area contributed by atoms with Crippen LogP contribution >= 0.6 is 11.6 Å². The van der Waals surface area contributed by atoms with Crippen molar-refractivity contribution in [3.05, 3.63) is 23.8 Å². The fourth-order valence-electron chi connectivity index (χ4n) is 2.13. The van der Waals surface area contributed by atoms with Crippen LogP contribution in [0.1, 0.15) is 24.8 Å². The number of alkyl halides is 1. The molecule has 0 radical (unpaired) electrons. The van der Waals surface area contributed by atoms with Crippen LogP contribution in [0.15, 0.2) is 18.2 Å². The van der Waals surface area contributed by atoms with Gasteiger partial charge in [-0.2, -0.15) is 0 Å². The molecule has 2 rings (SSSR count). The molecule has 0 saturated carbocycles. The molecule has 0 N–H and O–H groups in total. The molecule has 2 atom stereocenters. The maximum absolute atomic E-state index is 6.49. The number of rotatable bonds is 6. The topological polar surface area (TPSA) is 36.9 Å². The standard InChI is InChI=1S/C15H21ClO4/c1-3-18-12-6-5-11(9-13(12)19-4-2)15(16)14-10-17-7-8-20-14/h5-6,9,14-15H,3-4,7-8,10H2,1-2H3. The molecular formula is C15H21ClO4. The van der Waals surface area contributed by atoms with Gasteiger partial charge < -0.3 is 18.9 Å². The normalized spacial score (nSPS) is 20.4. The molecule has 4 nitrogen and oxygen atoms in total. The summed E-state index contributed by atoms with van der Waals surface area (Å²) in [6.45, 7) is 6.81. The third-order valence-electron chi connectivity index (χ3n) is 3.05. The van der Waals surface area contributed by atoms with Crippen LogP contribution in [0.25, 0.3) is 0 Å². The van der Waals surface area contributed by atoms with Crippen molar-refractivity contribution >= 4 is 11.6 Å². The highest BCUT2D eigenvalue weighted by Crippen LogP contribution is 2.35. The van der Waals surface area contributed by atoms with Gasteiger partial charge >= 0.3 is 0 Å². The van der Waals surface area contributed by atoms with Crippen molar-refractivity contribution in [2.24, 2.45) is 0 Å². The minimum absolute atomic E-state index is 0.127. The van der Waals surface area contributed by atoms with E-state index in [4.69, 9.17) is 30.5 Å². The highest BCUT2D eigenvalue weighted by molar-refractivity contribution is 6.21. The number of benzene rings is 1. The molecule has 1 saturated heterocycles. The monoisotopic (exact) mass is 300 g/mol. The van der Waals surface area contributed by atoms with Crippen LogP contribution < -0.4 is 9.47 Å². The van der Waals surface area contributed by atoms with E-state index in [1.165, 1.54) is 0 Å². The molecule has 0 aliphatic carbocycles. The number of halogens is 1. The highest BCUT2D eigenvalue weighted by atomic mass is 35.5. The van der Waals surface area contributed by atoms with Crippen molar-refractivity contribution in [2.45, 2.75) is 25.3 Å². The Morgan fingerprint density at radius 1 is 1.20 bits per heavy atom. The van der Waals surface area contributed by atoms with Gasteiger partial charge in [0.05, 0.1) is 38.4 Å². The summed E-state index contributed by atoms with van der Waals surface area (Å²) in [7, 11) is 0. The minimum atomic E-state index is -0.259. The van der Waals surface area contributed by atoms with E-state index in [1.807, 2.05) is 32.0 Å². The molecule has 0 spiro atoms. The van der Waals surface area contributed by atoms with Gasteiger partial charge in [0.15, 0.2) is 11.5 Å². The number of ether oxygens (including phenoxy) is 4. The summed E-state index contributed by atoms with van der Waals surface area (Å²) < 4.78 is 22.2. The number of hydrogen-bond acceptors (Lipinski definition) is 4. The summed E-state index contributed by atoms with van der Waals surface area (Å²) in [6.07, 6.45) is -0.127. The Balaban J connectivity index is 2.16. The van der Waals surface area contributed by atoms with E-state index in [-0.39, 0.29) is 11.5 Å². The first-order chi connectivity index (χ1) is 9.76. The summed E-state index contributed by atoms with van der Waals surface area (Å²) in [6, 6.07) is 5.76. The van der Waals surface area contributed by atoms with Gasteiger partial charge in [0.2, 0.25) is 0 Å². The molecule has 1 fully saturated rings. The Bertz CT molecular complexity index is 418. The molecule has 2 unspecified atom stereocenters. The maximum atomic E-state index is 6.49. The lowest BCUT2D eigenvalue weighted by Crippen LogP contribution is -2.31. The van der Waals surface area contributed by atoms with Crippen molar-refractivity contribution in [1.82, 2.24) is 0 Å². The lowest BCUT2D eigenvalue weighted by molar-refractivity contribution is -0.0892. The summed E-state index contributed by atoms with van der Waals surface area (Å²) in [5.41, 5.74) is 0.953. The van der Waals surface area contributed by atoms with Crippen LogP contribution in [0.2, 0.25) is 0 Å². The largest absolute Gasteiger partial charge is 0.490 e. The van der Waals surface area contributed by atoms with Crippen molar-refractivity contribution in [1.29, 1.82) is 0 Å². The fourth-order valence-corrected chi connectivity index (χ4v) is 2.41. The van der Waals surface area contributed by atoms with Gasteiger partial charge in [-0.05, 0) is 31.5 Å². The van der Waals surface area contributed by atoms with Crippen molar-refractivity contribution in [3.8, 4) is 11.5 Å². The van der Waals surface area contributed by atoms with Crippen LogP contribution in [0.5, 0.6) is 11.5 Å². The van der Waals surface area contributed by atoms with Crippen LogP contribution in [-0.2, 0) is 9.47 Å². The van der Waals surface area contributed by atoms with Gasteiger partial charge in [-0.3, -0.25) is 0 Å². The minimum Gasteiger partial charge on any atom is -0.490 e. The van der Waals surface area contributed by atoms with Gasteiger partial charge in [-0.25, -0.2) is 0 Å². The molecule has 5 heteroatoms. The van der Waals surface area contributed by atoms with Crippen LogP contribution in [-0.4, -0.2) is 39.1 Å². The zero-order chi connectivity index (χ0) is 14.4. The zero-order valence-corrected chi connectivity index (χ0v) is 12.7. The maximum Gasteiger partial charge on any atom is 0.161 e. The van der Waals surface area contributed by atoms with Gasteiger partial charge in [0, 0.05) is 0 Å². The highest BCUT2D eigenvalue weighted by Gasteiger charge is 2.25. The van der Waals surface area contributed by atoms with Gasteiger partial charge in [-0.15, -0.1) is 11.6 Å². The molecule has 20 heavy (non-hydrogen) atoms. The van der Waals surface area contributed by atoms with Crippen molar-refractivity contribution < 1.29 is 18.9 Å². The first-order valence-corrected chi connectivity index (χ1v) is 7.42. The molecule has 0 amide bonds. The molecule has 1 aliphatic heterocycles. The summed E-state index contributed by atoms with van der Waals surface area (Å²) in [5.74, 6) is 1.46. The van der Waals surface area contributed by atoms with E-state index in [1.54, 1.807) is 0 Å². The molecule has 0 aromatic heterocycles. The third-order valence-corrected chi connectivity index (χ3v) is 3.59. The van der Waals surface area contributed by atoms with Gasteiger partial charge in [0.25, 0.3) is 0 Å². The Morgan fingerprint density at radius 2 is 1.95 bits per heavy atom. The quantitative estimate of drug-likeness (QED) is 0.756. The van der Waals surface area contributed by atoms with E-state index in [2.05, 4.69) is 0 Å². The van der Waals surface area contributed by atoms with E-state index in [0.29, 0.717) is 38.8 Å². The first-order valence-electron chi connectivity index (χ1n) is 6.99. The average Bonchev–Trinajstić information content (AvgIpc) is 2.50. The van der Waals surface area contributed by atoms with E-state index >= 15 is 0 Å². The van der Waals surface area contributed by atoms with E-state index in [0.717, 1.165) is 11.3 Å².